The number of carbonyl (C=O) groups excluding carboxylic acids is 1. The van der Waals surface area contributed by atoms with Gasteiger partial charge in [0.05, 0.1) is 13.2 Å². The summed E-state index contributed by atoms with van der Waals surface area (Å²) >= 11 is 0. The number of hydrogen-bond donors (Lipinski definition) is 2. The second-order valence-electron chi connectivity index (χ2n) is 5.37. The molecule has 26 heavy (non-hydrogen) atoms. The van der Waals surface area contributed by atoms with Crippen LogP contribution in [0.25, 0.3) is 0 Å². The van der Waals surface area contributed by atoms with Crippen LogP contribution in [-0.2, 0) is 6.42 Å². The zero-order chi connectivity index (χ0) is 18.9. The molecule has 1 aromatic carbocycles. The van der Waals surface area contributed by atoms with E-state index in [4.69, 9.17) is 14.6 Å². The van der Waals surface area contributed by atoms with Crippen molar-refractivity contribution in [3.8, 4) is 11.5 Å². The molecule has 2 N–H and O–H groups in total. The molecule has 1 aromatic heterocycles. The minimum Gasteiger partial charge on any atom is -0.490 e. The third kappa shape index (κ3) is 5.20. The number of nitrogens with zero attached hydrogens (tertiary/aromatic N) is 1. The average molecular weight is 358 g/mol. The number of carboxylic acids is 1. The molecule has 7 nitrogen and oxygen atoms in total. The van der Waals surface area contributed by atoms with Gasteiger partial charge in [-0.25, -0.2) is 9.78 Å². The maximum atomic E-state index is 12.1. The number of aromatic nitrogens is 1. The monoisotopic (exact) mass is 358 g/mol. The summed E-state index contributed by atoms with van der Waals surface area (Å²) in [5.74, 6) is -0.215. The van der Waals surface area contributed by atoms with Gasteiger partial charge in [-0.15, -0.1) is 0 Å². The molecule has 2 rings (SSSR count). The van der Waals surface area contributed by atoms with Gasteiger partial charge in [0.1, 0.15) is 11.4 Å². The van der Waals surface area contributed by atoms with E-state index in [0.29, 0.717) is 37.7 Å². The van der Waals surface area contributed by atoms with E-state index in [9.17, 15) is 9.59 Å². The second-order valence-corrected chi connectivity index (χ2v) is 5.37. The normalized spacial score (nSPS) is 10.2. The van der Waals surface area contributed by atoms with Gasteiger partial charge in [-0.3, -0.25) is 4.79 Å². The predicted molar refractivity (Wildman–Crippen MR) is 96.0 cm³/mol. The smallest absolute Gasteiger partial charge is 0.354 e. The molecule has 0 radical (unpaired) electrons. The minimum atomic E-state index is -1.17. The third-order valence-electron chi connectivity index (χ3n) is 3.51. The number of pyridine rings is 1. The quantitative estimate of drug-likeness (QED) is 0.715. The summed E-state index contributed by atoms with van der Waals surface area (Å²) in [4.78, 5) is 26.8. The Bertz CT molecular complexity index is 776. The van der Waals surface area contributed by atoms with Gasteiger partial charge < -0.3 is 19.9 Å². The Morgan fingerprint density at radius 3 is 2.42 bits per heavy atom. The lowest BCUT2D eigenvalue weighted by Gasteiger charge is -2.12. The Kier molecular flexibility index (Phi) is 6.96. The van der Waals surface area contributed by atoms with Crippen LogP contribution < -0.4 is 14.8 Å². The van der Waals surface area contributed by atoms with Crippen LogP contribution in [0.5, 0.6) is 11.5 Å². The van der Waals surface area contributed by atoms with Crippen LogP contribution in [0.2, 0.25) is 0 Å². The Morgan fingerprint density at radius 2 is 1.73 bits per heavy atom. The highest BCUT2D eigenvalue weighted by Gasteiger charge is 2.11. The van der Waals surface area contributed by atoms with Crippen molar-refractivity contribution in [2.45, 2.75) is 20.3 Å². The fourth-order valence-electron chi connectivity index (χ4n) is 2.34. The standard InChI is InChI=1S/C19H22N2O5/c1-3-25-16-9-8-13(12-17(16)26-4-2)10-11-20-18(22)14-6-5-7-15(21-14)19(23)24/h5-9,12H,3-4,10-11H2,1-2H3,(H,20,22)(H,23,24). The van der Waals surface area contributed by atoms with Crippen molar-refractivity contribution in [3.63, 3.8) is 0 Å². The van der Waals surface area contributed by atoms with Crippen LogP contribution in [0, 0.1) is 0 Å². The molecule has 0 aliphatic carbocycles. The van der Waals surface area contributed by atoms with Crippen molar-refractivity contribution in [2.24, 2.45) is 0 Å². The van der Waals surface area contributed by atoms with Crippen molar-refractivity contribution in [1.29, 1.82) is 0 Å². The Hall–Kier alpha value is -3.09. The van der Waals surface area contributed by atoms with E-state index in [1.165, 1.54) is 18.2 Å². The number of benzene rings is 1. The number of nitrogens with one attached hydrogen (secondary N) is 1. The molecule has 1 heterocycles. The summed E-state index contributed by atoms with van der Waals surface area (Å²) in [6.07, 6.45) is 0.594. The van der Waals surface area contributed by atoms with Gasteiger partial charge in [0.25, 0.3) is 5.91 Å². The second kappa shape index (κ2) is 9.41. The van der Waals surface area contributed by atoms with Gasteiger partial charge in [-0.05, 0) is 50.1 Å². The topological polar surface area (TPSA) is 97.8 Å². The summed E-state index contributed by atoms with van der Waals surface area (Å²) in [5.41, 5.74) is 0.904. The summed E-state index contributed by atoms with van der Waals surface area (Å²) in [7, 11) is 0. The minimum absolute atomic E-state index is 0.0756. The van der Waals surface area contributed by atoms with Gasteiger partial charge in [0.2, 0.25) is 0 Å². The van der Waals surface area contributed by atoms with E-state index in [1.54, 1.807) is 0 Å². The van der Waals surface area contributed by atoms with E-state index < -0.39 is 11.9 Å². The molecule has 0 unspecified atom stereocenters. The molecule has 0 saturated heterocycles. The molecule has 0 atom stereocenters. The molecule has 0 spiro atoms. The molecule has 1 amide bonds. The van der Waals surface area contributed by atoms with Crippen molar-refractivity contribution in [1.82, 2.24) is 10.3 Å². The largest absolute Gasteiger partial charge is 0.490 e. The molecule has 0 aliphatic rings. The van der Waals surface area contributed by atoms with E-state index in [-0.39, 0.29) is 11.4 Å². The van der Waals surface area contributed by atoms with Crippen LogP contribution in [-0.4, -0.2) is 41.7 Å². The highest BCUT2D eigenvalue weighted by molar-refractivity contribution is 5.94. The fourth-order valence-corrected chi connectivity index (χ4v) is 2.34. The van der Waals surface area contributed by atoms with E-state index >= 15 is 0 Å². The Labute approximate surface area is 152 Å². The number of carboxylic acid groups (broad SMARTS) is 1. The van der Waals surface area contributed by atoms with Crippen molar-refractivity contribution < 1.29 is 24.2 Å². The first-order valence-corrected chi connectivity index (χ1v) is 8.42. The van der Waals surface area contributed by atoms with Crippen LogP contribution >= 0.6 is 0 Å². The van der Waals surface area contributed by atoms with E-state index in [1.807, 2.05) is 32.0 Å². The first kappa shape index (κ1) is 19.2. The first-order chi connectivity index (χ1) is 12.5. The molecule has 7 heteroatoms. The van der Waals surface area contributed by atoms with Crippen LogP contribution in [0.3, 0.4) is 0 Å². The van der Waals surface area contributed by atoms with Crippen LogP contribution in [0.4, 0.5) is 0 Å². The molecular formula is C19H22N2O5. The molecule has 0 fully saturated rings. The van der Waals surface area contributed by atoms with Crippen molar-refractivity contribution in [3.05, 3.63) is 53.3 Å². The summed E-state index contributed by atoms with van der Waals surface area (Å²) < 4.78 is 11.1. The molecule has 0 bridgehead atoms. The van der Waals surface area contributed by atoms with Gasteiger partial charge in [0, 0.05) is 6.54 Å². The van der Waals surface area contributed by atoms with Gasteiger partial charge in [0.15, 0.2) is 11.5 Å². The number of amides is 1. The van der Waals surface area contributed by atoms with Gasteiger partial charge in [-0.1, -0.05) is 12.1 Å². The maximum Gasteiger partial charge on any atom is 0.354 e. The summed E-state index contributed by atoms with van der Waals surface area (Å²) in [6.45, 7) is 5.29. The lowest BCUT2D eigenvalue weighted by atomic mass is 10.1. The number of hydrogen-bond acceptors (Lipinski definition) is 5. The summed E-state index contributed by atoms with van der Waals surface area (Å²) in [6, 6.07) is 9.97. The number of carbonyl (C=O) groups is 2. The van der Waals surface area contributed by atoms with Crippen LogP contribution in [0.15, 0.2) is 36.4 Å². The number of ether oxygens (including phenoxy) is 2. The first-order valence-electron chi connectivity index (χ1n) is 8.42. The zero-order valence-corrected chi connectivity index (χ0v) is 14.8. The predicted octanol–water partition coefficient (Wildman–Crippen LogP) is 2.55. The lowest BCUT2D eigenvalue weighted by molar-refractivity contribution is 0.0690. The lowest BCUT2D eigenvalue weighted by Crippen LogP contribution is -2.27. The van der Waals surface area contributed by atoms with Gasteiger partial charge >= 0.3 is 5.97 Å². The van der Waals surface area contributed by atoms with Crippen LogP contribution in [0.1, 0.15) is 40.4 Å². The Balaban J connectivity index is 1.96. The Morgan fingerprint density at radius 1 is 1.04 bits per heavy atom. The number of rotatable bonds is 9. The molecule has 0 aliphatic heterocycles. The van der Waals surface area contributed by atoms with E-state index in [2.05, 4.69) is 10.3 Å². The highest BCUT2D eigenvalue weighted by atomic mass is 16.5. The number of aromatic carboxylic acids is 1. The SMILES string of the molecule is CCOc1ccc(CCNC(=O)c2cccc(C(=O)O)n2)cc1OCC. The zero-order valence-electron chi connectivity index (χ0n) is 14.8. The third-order valence-corrected chi connectivity index (χ3v) is 3.51. The molecule has 2 aromatic rings. The molecule has 138 valence electrons. The fraction of sp³-hybridized carbons (Fsp3) is 0.316. The summed E-state index contributed by atoms with van der Waals surface area (Å²) in [5, 5.41) is 11.7. The average Bonchev–Trinajstić information content (AvgIpc) is 2.64. The highest BCUT2D eigenvalue weighted by Crippen LogP contribution is 2.28. The molecule has 0 saturated carbocycles. The maximum absolute atomic E-state index is 12.1. The van der Waals surface area contributed by atoms with Crippen molar-refractivity contribution >= 4 is 11.9 Å². The van der Waals surface area contributed by atoms with Gasteiger partial charge in [-0.2, -0.15) is 0 Å². The molecular weight excluding hydrogens is 336 g/mol. The van der Waals surface area contributed by atoms with E-state index in [0.717, 1.165) is 5.56 Å². The van der Waals surface area contributed by atoms with Crippen molar-refractivity contribution in [2.75, 3.05) is 19.8 Å².